The molecule has 1 saturated carbocycles. The fraction of sp³-hybridized carbons (Fsp3) is 0.412. The van der Waals surface area contributed by atoms with Crippen LogP contribution in [0.25, 0.3) is 0 Å². The van der Waals surface area contributed by atoms with Crippen molar-refractivity contribution in [3.8, 4) is 0 Å². The molecule has 1 aliphatic rings. The van der Waals surface area contributed by atoms with E-state index in [4.69, 9.17) is 0 Å². The Labute approximate surface area is 144 Å². The van der Waals surface area contributed by atoms with Gasteiger partial charge in [-0.1, -0.05) is 12.1 Å². The summed E-state index contributed by atoms with van der Waals surface area (Å²) in [6, 6.07) is 6.13. The van der Waals surface area contributed by atoms with E-state index >= 15 is 0 Å². The van der Waals surface area contributed by atoms with Gasteiger partial charge in [0.2, 0.25) is 5.91 Å². The van der Waals surface area contributed by atoms with Crippen LogP contribution in [0.5, 0.6) is 0 Å². The van der Waals surface area contributed by atoms with E-state index in [2.05, 4.69) is 10.3 Å². The van der Waals surface area contributed by atoms with E-state index < -0.39 is 6.10 Å². The molecule has 3 rings (SSSR count). The van der Waals surface area contributed by atoms with Crippen molar-refractivity contribution in [2.45, 2.75) is 31.9 Å². The lowest BCUT2D eigenvalue weighted by atomic mass is 10.1. The molecule has 7 heteroatoms. The second-order valence-corrected chi connectivity index (χ2v) is 6.93. The molecule has 1 aromatic heterocycles. The Morgan fingerprint density at radius 1 is 1.46 bits per heavy atom. The number of carbonyl (C=O) groups is 1. The van der Waals surface area contributed by atoms with Gasteiger partial charge in [0, 0.05) is 18.0 Å². The van der Waals surface area contributed by atoms with Crippen LogP contribution in [0, 0.1) is 12.7 Å². The van der Waals surface area contributed by atoms with Gasteiger partial charge < -0.3 is 10.4 Å². The molecule has 1 amide bonds. The highest BCUT2D eigenvalue weighted by molar-refractivity contribution is 7.13. The van der Waals surface area contributed by atoms with Gasteiger partial charge in [-0.15, -0.1) is 11.3 Å². The van der Waals surface area contributed by atoms with Crippen LogP contribution in [0.2, 0.25) is 0 Å². The summed E-state index contributed by atoms with van der Waals surface area (Å²) in [6.07, 6.45) is 1.31. The molecule has 0 aliphatic heterocycles. The van der Waals surface area contributed by atoms with Crippen LogP contribution < -0.4 is 5.32 Å². The summed E-state index contributed by atoms with van der Waals surface area (Å²) in [6.45, 7) is 2.43. The number of nitrogens with one attached hydrogen (secondary N) is 1. The summed E-state index contributed by atoms with van der Waals surface area (Å²) < 4.78 is 13.0. The number of anilines is 1. The van der Waals surface area contributed by atoms with Crippen molar-refractivity contribution in [3.05, 3.63) is 46.7 Å². The van der Waals surface area contributed by atoms with Crippen molar-refractivity contribution in [1.29, 1.82) is 0 Å². The molecule has 0 spiro atoms. The Morgan fingerprint density at radius 3 is 2.75 bits per heavy atom. The van der Waals surface area contributed by atoms with Crippen LogP contribution in [0.1, 0.15) is 30.2 Å². The zero-order chi connectivity index (χ0) is 17.1. The minimum Gasteiger partial charge on any atom is -0.387 e. The molecule has 1 atom stereocenters. The molecule has 2 N–H and O–H groups in total. The lowest BCUT2D eigenvalue weighted by Gasteiger charge is -2.24. The number of rotatable bonds is 7. The first-order chi connectivity index (χ1) is 11.5. The highest BCUT2D eigenvalue weighted by Crippen LogP contribution is 2.29. The number of hydrogen-bond donors (Lipinski definition) is 2. The number of nitrogens with zero attached hydrogens (tertiary/aromatic N) is 2. The topological polar surface area (TPSA) is 65.5 Å². The molecule has 1 aromatic carbocycles. The number of aliphatic hydroxyl groups is 1. The van der Waals surface area contributed by atoms with Gasteiger partial charge in [0.1, 0.15) is 5.82 Å². The van der Waals surface area contributed by atoms with Gasteiger partial charge in [0.25, 0.3) is 0 Å². The van der Waals surface area contributed by atoms with E-state index in [0.29, 0.717) is 23.3 Å². The summed E-state index contributed by atoms with van der Waals surface area (Å²) in [5, 5.41) is 15.6. The molecule has 0 saturated heterocycles. The Bertz CT molecular complexity index is 700. The van der Waals surface area contributed by atoms with Gasteiger partial charge in [0.05, 0.1) is 18.3 Å². The largest absolute Gasteiger partial charge is 0.387 e. The zero-order valence-corrected chi connectivity index (χ0v) is 14.2. The van der Waals surface area contributed by atoms with Crippen molar-refractivity contribution >= 4 is 22.4 Å². The maximum absolute atomic E-state index is 13.0. The second kappa shape index (κ2) is 7.38. The predicted molar refractivity (Wildman–Crippen MR) is 91.4 cm³/mol. The summed E-state index contributed by atoms with van der Waals surface area (Å²) in [4.78, 5) is 18.4. The third-order valence-corrected chi connectivity index (χ3v) is 4.81. The number of aliphatic hydroxyl groups excluding tert-OH is 1. The molecule has 1 heterocycles. The minimum atomic E-state index is -0.749. The first-order valence-electron chi connectivity index (χ1n) is 7.91. The van der Waals surface area contributed by atoms with Crippen molar-refractivity contribution in [2.75, 3.05) is 18.4 Å². The Kier molecular flexibility index (Phi) is 5.23. The quantitative estimate of drug-likeness (QED) is 0.807. The average Bonchev–Trinajstić information content (AvgIpc) is 3.31. The lowest BCUT2D eigenvalue weighted by molar-refractivity contribution is -0.117. The number of amides is 1. The summed E-state index contributed by atoms with van der Waals surface area (Å²) in [5.41, 5.74) is 1.53. The molecule has 128 valence electrons. The lowest BCUT2D eigenvalue weighted by Crippen LogP contribution is -2.37. The molecule has 1 aliphatic carbocycles. The summed E-state index contributed by atoms with van der Waals surface area (Å²) in [7, 11) is 0. The van der Waals surface area contributed by atoms with Crippen LogP contribution in [0.4, 0.5) is 9.52 Å². The monoisotopic (exact) mass is 349 g/mol. The van der Waals surface area contributed by atoms with Crippen LogP contribution in [0.3, 0.4) is 0 Å². The predicted octanol–water partition coefficient (Wildman–Crippen LogP) is 2.73. The Morgan fingerprint density at radius 2 is 2.17 bits per heavy atom. The van der Waals surface area contributed by atoms with Crippen LogP contribution in [-0.2, 0) is 4.79 Å². The van der Waals surface area contributed by atoms with E-state index in [1.165, 1.54) is 23.5 Å². The number of aryl methyl sites for hydroxylation is 1. The number of benzene rings is 1. The fourth-order valence-electron chi connectivity index (χ4n) is 2.55. The summed E-state index contributed by atoms with van der Waals surface area (Å²) in [5.74, 6) is -0.467. The van der Waals surface area contributed by atoms with E-state index in [9.17, 15) is 14.3 Å². The molecule has 0 radical (unpaired) electrons. The third kappa shape index (κ3) is 4.59. The fourth-order valence-corrected chi connectivity index (χ4v) is 3.25. The highest BCUT2D eigenvalue weighted by Gasteiger charge is 2.32. The van der Waals surface area contributed by atoms with Gasteiger partial charge in [0.15, 0.2) is 5.13 Å². The molecule has 5 nitrogen and oxygen atoms in total. The number of carbonyl (C=O) groups excluding carboxylic acids is 1. The van der Waals surface area contributed by atoms with Crippen molar-refractivity contribution in [3.63, 3.8) is 0 Å². The summed E-state index contributed by atoms with van der Waals surface area (Å²) >= 11 is 1.39. The molecular weight excluding hydrogens is 329 g/mol. The van der Waals surface area contributed by atoms with Gasteiger partial charge >= 0.3 is 0 Å². The van der Waals surface area contributed by atoms with Gasteiger partial charge in [-0.2, -0.15) is 0 Å². The minimum absolute atomic E-state index is 0.137. The van der Waals surface area contributed by atoms with Gasteiger partial charge in [-0.05, 0) is 37.5 Å². The second-order valence-electron chi connectivity index (χ2n) is 6.07. The average molecular weight is 349 g/mol. The van der Waals surface area contributed by atoms with E-state index in [1.54, 1.807) is 12.1 Å². The number of thiazole rings is 1. The first-order valence-corrected chi connectivity index (χ1v) is 8.79. The van der Waals surface area contributed by atoms with Crippen LogP contribution >= 0.6 is 11.3 Å². The Hall–Kier alpha value is -1.83. The van der Waals surface area contributed by atoms with Gasteiger partial charge in [-0.3, -0.25) is 9.69 Å². The maximum Gasteiger partial charge on any atom is 0.240 e. The third-order valence-electron chi connectivity index (χ3n) is 3.94. The highest BCUT2D eigenvalue weighted by atomic mass is 32.1. The zero-order valence-electron chi connectivity index (χ0n) is 13.4. The number of halogens is 1. The smallest absolute Gasteiger partial charge is 0.240 e. The van der Waals surface area contributed by atoms with Crippen LogP contribution in [0.15, 0.2) is 29.6 Å². The molecule has 1 fully saturated rings. The molecule has 0 bridgehead atoms. The molecule has 2 aromatic rings. The maximum atomic E-state index is 13.0. The molecule has 1 unspecified atom stereocenters. The number of hydrogen-bond acceptors (Lipinski definition) is 5. The van der Waals surface area contributed by atoms with Crippen molar-refractivity contribution in [2.24, 2.45) is 0 Å². The molecule has 24 heavy (non-hydrogen) atoms. The van der Waals surface area contributed by atoms with Crippen molar-refractivity contribution < 1.29 is 14.3 Å². The van der Waals surface area contributed by atoms with Gasteiger partial charge in [-0.25, -0.2) is 9.37 Å². The molecular formula is C17H20FN3O2S. The first kappa shape index (κ1) is 17.0. The van der Waals surface area contributed by atoms with E-state index in [1.807, 2.05) is 17.2 Å². The SMILES string of the molecule is Cc1csc(NC(=O)CN(CC(O)c2ccc(F)cc2)C2CC2)n1. The Balaban J connectivity index is 1.58. The van der Waals surface area contributed by atoms with Crippen molar-refractivity contribution in [1.82, 2.24) is 9.88 Å². The number of aromatic nitrogens is 1. The van der Waals surface area contributed by atoms with E-state index in [-0.39, 0.29) is 18.3 Å². The standard InChI is InChI=1S/C17H20FN3O2S/c1-11-10-24-17(19-11)20-16(23)9-21(14-6-7-14)8-15(22)12-2-4-13(18)5-3-12/h2-5,10,14-15,22H,6-9H2,1H3,(H,19,20,23). The van der Waals surface area contributed by atoms with Crippen LogP contribution in [-0.4, -0.2) is 40.0 Å². The van der Waals surface area contributed by atoms with E-state index in [0.717, 1.165) is 18.5 Å². The normalized spacial score (nSPS) is 15.5.